The number of phenolic OH excluding ortho intramolecular Hbond substituents is 1. The van der Waals surface area contributed by atoms with Gasteiger partial charge in [0.2, 0.25) is 0 Å². The van der Waals surface area contributed by atoms with E-state index in [4.69, 9.17) is 4.74 Å². The normalized spacial score (nSPS) is 21.6. The highest BCUT2D eigenvalue weighted by atomic mass is 16.6. The molecule has 0 atom stereocenters. The lowest BCUT2D eigenvalue weighted by Gasteiger charge is -2.31. The van der Waals surface area contributed by atoms with Gasteiger partial charge in [-0.3, -0.25) is 0 Å². The number of ether oxygens (including phenoxy) is 1. The second-order valence-corrected chi connectivity index (χ2v) is 7.34. The number of anilines is 1. The molecular weight excluding hydrogens is 292 g/mol. The molecule has 2 rings (SSSR count). The second kappa shape index (κ2) is 7.11. The zero-order valence-electron chi connectivity index (χ0n) is 14.5. The largest absolute Gasteiger partial charge is 0.508 e. The second-order valence-electron chi connectivity index (χ2n) is 7.34. The molecule has 1 saturated carbocycles. The fourth-order valence-electron chi connectivity index (χ4n) is 2.84. The number of hydrogen-bond donors (Lipinski definition) is 3. The molecule has 0 radical (unpaired) electrons. The Morgan fingerprint density at radius 2 is 1.78 bits per heavy atom. The fourth-order valence-corrected chi connectivity index (χ4v) is 2.84. The van der Waals surface area contributed by atoms with Crippen LogP contribution in [-0.2, 0) is 4.74 Å². The molecule has 1 aliphatic rings. The summed E-state index contributed by atoms with van der Waals surface area (Å²) in [5, 5.41) is 16.0. The highest BCUT2D eigenvalue weighted by Crippen LogP contribution is 2.25. The Morgan fingerprint density at radius 1 is 1.17 bits per heavy atom. The predicted molar refractivity (Wildman–Crippen MR) is 91.9 cm³/mol. The third kappa shape index (κ3) is 5.66. The number of carbonyl (C=O) groups is 1. The summed E-state index contributed by atoms with van der Waals surface area (Å²) < 4.78 is 5.30. The van der Waals surface area contributed by atoms with Gasteiger partial charge >= 0.3 is 6.09 Å². The number of aryl methyl sites for hydroxylation is 1. The maximum atomic E-state index is 11.8. The lowest BCUT2D eigenvalue weighted by molar-refractivity contribution is 0.0492. The van der Waals surface area contributed by atoms with E-state index in [9.17, 15) is 9.90 Å². The molecule has 0 saturated heterocycles. The van der Waals surface area contributed by atoms with Crippen molar-refractivity contribution in [1.82, 2.24) is 5.32 Å². The first-order valence-electron chi connectivity index (χ1n) is 8.28. The van der Waals surface area contributed by atoms with Crippen LogP contribution in [0.5, 0.6) is 5.75 Å². The summed E-state index contributed by atoms with van der Waals surface area (Å²) >= 11 is 0. The highest BCUT2D eigenvalue weighted by molar-refractivity contribution is 5.68. The maximum Gasteiger partial charge on any atom is 0.407 e. The summed E-state index contributed by atoms with van der Waals surface area (Å²) in [7, 11) is 0. The quantitative estimate of drug-likeness (QED) is 0.738. The minimum atomic E-state index is -0.459. The van der Waals surface area contributed by atoms with Gasteiger partial charge in [-0.1, -0.05) is 0 Å². The minimum absolute atomic E-state index is 0.185. The van der Waals surface area contributed by atoms with Crippen molar-refractivity contribution in [3.8, 4) is 5.75 Å². The van der Waals surface area contributed by atoms with Gasteiger partial charge in [0, 0.05) is 17.8 Å². The van der Waals surface area contributed by atoms with Crippen molar-refractivity contribution < 1.29 is 14.6 Å². The molecule has 0 aliphatic heterocycles. The zero-order chi connectivity index (χ0) is 17.0. The summed E-state index contributed by atoms with van der Waals surface area (Å²) in [6.45, 7) is 7.50. The van der Waals surface area contributed by atoms with Gasteiger partial charge in [0.05, 0.1) is 0 Å². The van der Waals surface area contributed by atoms with Crippen LogP contribution in [0.1, 0.15) is 52.0 Å². The molecule has 0 heterocycles. The molecule has 128 valence electrons. The molecular formula is C18H28N2O3. The predicted octanol–water partition coefficient (Wildman–Crippen LogP) is 3.95. The van der Waals surface area contributed by atoms with Crippen molar-refractivity contribution in [3.63, 3.8) is 0 Å². The molecule has 1 aliphatic carbocycles. The van der Waals surface area contributed by atoms with Gasteiger partial charge in [-0.2, -0.15) is 0 Å². The van der Waals surface area contributed by atoms with E-state index < -0.39 is 5.60 Å². The molecule has 0 unspecified atom stereocenters. The Bertz CT molecular complexity index is 544. The van der Waals surface area contributed by atoms with E-state index >= 15 is 0 Å². The summed E-state index contributed by atoms with van der Waals surface area (Å²) in [5.74, 6) is 0.320. The molecule has 0 bridgehead atoms. The van der Waals surface area contributed by atoms with Crippen molar-refractivity contribution >= 4 is 11.8 Å². The van der Waals surface area contributed by atoms with Crippen LogP contribution >= 0.6 is 0 Å². The average Bonchev–Trinajstić information content (AvgIpc) is 2.43. The van der Waals surface area contributed by atoms with Crippen molar-refractivity contribution in [1.29, 1.82) is 0 Å². The monoisotopic (exact) mass is 320 g/mol. The van der Waals surface area contributed by atoms with Crippen LogP contribution in [0, 0.1) is 6.92 Å². The topological polar surface area (TPSA) is 70.6 Å². The summed E-state index contributed by atoms with van der Waals surface area (Å²) in [4.78, 5) is 11.8. The van der Waals surface area contributed by atoms with Gasteiger partial charge in [-0.15, -0.1) is 0 Å². The number of phenols is 1. The van der Waals surface area contributed by atoms with Crippen LogP contribution in [0.3, 0.4) is 0 Å². The number of nitrogens with one attached hydrogen (secondary N) is 2. The van der Waals surface area contributed by atoms with Crippen molar-refractivity contribution in [2.45, 2.75) is 71.1 Å². The molecule has 5 nitrogen and oxygen atoms in total. The molecule has 5 heteroatoms. The van der Waals surface area contributed by atoms with Crippen LogP contribution in [0.25, 0.3) is 0 Å². The Labute approximate surface area is 138 Å². The molecule has 1 aromatic rings. The Balaban J connectivity index is 1.77. The van der Waals surface area contributed by atoms with Gasteiger partial charge in [-0.25, -0.2) is 4.79 Å². The van der Waals surface area contributed by atoms with Crippen molar-refractivity contribution in [2.24, 2.45) is 0 Å². The van der Waals surface area contributed by atoms with E-state index in [-0.39, 0.29) is 12.1 Å². The van der Waals surface area contributed by atoms with Crippen molar-refractivity contribution in [2.75, 3.05) is 5.32 Å². The zero-order valence-corrected chi connectivity index (χ0v) is 14.5. The van der Waals surface area contributed by atoms with Gasteiger partial charge in [0.1, 0.15) is 11.4 Å². The fraction of sp³-hybridized carbons (Fsp3) is 0.611. The molecule has 0 spiro atoms. The highest BCUT2D eigenvalue weighted by Gasteiger charge is 2.24. The molecule has 1 fully saturated rings. The number of rotatable bonds is 3. The first-order valence-corrected chi connectivity index (χ1v) is 8.28. The Morgan fingerprint density at radius 3 is 2.35 bits per heavy atom. The number of carbonyl (C=O) groups excluding carboxylic acids is 1. The van der Waals surface area contributed by atoms with E-state index in [0.29, 0.717) is 11.8 Å². The molecule has 0 aromatic heterocycles. The molecule has 1 aromatic carbocycles. The van der Waals surface area contributed by atoms with Crippen LogP contribution in [0.4, 0.5) is 10.5 Å². The van der Waals surface area contributed by atoms with Crippen LogP contribution in [-0.4, -0.2) is 28.9 Å². The van der Waals surface area contributed by atoms with E-state index in [1.54, 1.807) is 6.07 Å². The maximum absolute atomic E-state index is 11.8. The van der Waals surface area contributed by atoms with Crippen LogP contribution in [0.15, 0.2) is 18.2 Å². The number of alkyl carbamates (subject to hydrolysis) is 1. The van der Waals surface area contributed by atoms with Gasteiger partial charge in [0.25, 0.3) is 0 Å². The Hall–Kier alpha value is -1.91. The molecule has 23 heavy (non-hydrogen) atoms. The smallest absolute Gasteiger partial charge is 0.407 e. The molecule has 3 N–H and O–H groups in total. The number of benzene rings is 1. The summed E-state index contributed by atoms with van der Waals surface area (Å²) in [6.07, 6.45) is 3.55. The van der Waals surface area contributed by atoms with Crippen LogP contribution in [0.2, 0.25) is 0 Å². The van der Waals surface area contributed by atoms with E-state index in [2.05, 4.69) is 10.6 Å². The number of aromatic hydroxyl groups is 1. The summed E-state index contributed by atoms with van der Waals surface area (Å²) in [5.41, 5.74) is 1.44. The lowest BCUT2D eigenvalue weighted by Crippen LogP contribution is -2.42. The third-order valence-electron chi connectivity index (χ3n) is 4.02. The summed E-state index contributed by atoms with van der Waals surface area (Å²) in [6, 6.07) is 6.15. The van der Waals surface area contributed by atoms with E-state index in [0.717, 1.165) is 36.9 Å². The SMILES string of the molecule is Cc1cc(NC2CCC(NC(=O)OC(C)(C)C)CC2)ccc1O. The average molecular weight is 320 g/mol. The first kappa shape index (κ1) is 17.4. The van der Waals surface area contributed by atoms with E-state index in [1.807, 2.05) is 39.8 Å². The van der Waals surface area contributed by atoms with Gasteiger partial charge < -0.3 is 20.5 Å². The van der Waals surface area contributed by atoms with Gasteiger partial charge in [0.15, 0.2) is 0 Å². The number of hydrogen-bond acceptors (Lipinski definition) is 4. The standard InChI is InChI=1S/C18H28N2O3/c1-12-11-15(9-10-16(12)21)19-13-5-7-14(8-6-13)20-17(22)23-18(2,3)4/h9-11,13-14,19,21H,5-8H2,1-4H3,(H,20,22). The number of amides is 1. The molecule has 1 amide bonds. The van der Waals surface area contributed by atoms with Crippen LogP contribution < -0.4 is 10.6 Å². The van der Waals surface area contributed by atoms with Crippen molar-refractivity contribution in [3.05, 3.63) is 23.8 Å². The minimum Gasteiger partial charge on any atom is -0.508 e. The van der Waals surface area contributed by atoms with Gasteiger partial charge in [-0.05, 0) is 77.1 Å². The third-order valence-corrected chi connectivity index (χ3v) is 4.02. The Kier molecular flexibility index (Phi) is 5.39. The lowest BCUT2D eigenvalue weighted by atomic mass is 9.91. The van der Waals surface area contributed by atoms with E-state index in [1.165, 1.54) is 0 Å². The first-order chi connectivity index (χ1) is 10.7.